The molecule has 0 radical (unpaired) electrons. The van der Waals surface area contributed by atoms with Gasteiger partial charge in [-0.05, 0) is 66.6 Å². The highest BCUT2D eigenvalue weighted by molar-refractivity contribution is 7.92. The molecule has 0 spiro atoms. The lowest BCUT2D eigenvalue weighted by Gasteiger charge is -2.20. The van der Waals surface area contributed by atoms with Crippen molar-refractivity contribution in [2.45, 2.75) is 29.8 Å². The van der Waals surface area contributed by atoms with Crippen molar-refractivity contribution in [3.8, 4) is 5.75 Å². The van der Waals surface area contributed by atoms with Crippen LogP contribution in [0.2, 0.25) is 0 Å². The molecule has 57 heavy (non-hydrogen) atoms. The third-order valence-corrected chi connectivity index (χ3v) is 12.5. The fraction of sp³-hybridized carbons (Fsp3) is 0.122. The first-order valence-corrected chi connectivity index (χ1v) is 21.6. The van der Waals surface area contributed by atoms with Crippen molar-refractivity contribution in [3.63, 3.8) is 0 Å². The van der Waals surface area contributed by atoms with Crippen molar-refractivity contribution in [1.82, 2.24) is 8.61 Å². The number of hydrogen-bond donors (Lipinski definition) is 0. The fourth-order valence-corrected chi connectivity index (χ4v) is 8.21. The van der Waals surface area contributed by atoms with Crippen LogP contribution in [0.5, 0.6) is 5.75 Å². The predicted molar refractivity (Wildman–Crippen MR) is 224 cm³/mol. The van der Waals surface area contributed by atoms with Crippen molar-refractivity contribution >= 4 is 41.4 Å². The van der Waals surface area contributed by atoms with Gasteiger partial charge in [-0.3, -0.25) is 18.7 Å². The maximum atomic E-state index is 12.5. The topological polar surface area (TPSA) is 165 Å². The minimum absolute atomic E-state index is 0.0195. The van der Waals surface area contributed by atoms with Crippen LogP contribution < -0.4 is 9.04 Å². The summed E-state index contributed by atoms with van der Waals surface area (Å²) < 4.78 is 81.3. The Morgan fingerprint density at radius 1 is 0.614 bits per heavy atom. The number of methoxy groups -OCH3 is 1. The third kappa shape index (κ3) is 12.9. The second kappa shape index (κ2) is 20.6. The number of nitro groups is 1. The Kier molecular flexibility index (Phi) is 16.3. The normalized spacial score (nSPS) is 10.9. The minimum Gasteiger partial charge on any atom is -0.497 e. The molecule has 0 aromatic heterocycles. The van der Waals surface area contributed by atoms with E-state index in [1.807, 2.05) is 67.6 Å². The average Bonchev–Trinajstić information content (AvgIpc) is 3.20. The van der Waals surface area contributed by atoms with Crippen LogP contribution in [0.1, 0.15) is 16.7 Å². The van der Waals surface area contributed by atoms with Gasteiger partial charge in [-0.25, -0.2) is 29.6 Å². The molecule has 0 saturated carbocycles. The van der Waals surface area contributed by atoms with E-state index in [1.165, 1.54) is 35.0 Å². The maximum absolute atomic E-state index is 12.5. The lowest BCUT2D eigenvalue weighted by atomic mass is 10.2. The summed E-state index contributed by atoms with van der Waals surface area (Å²) >= 11 is 0. The molecule has 0 atom stereocenters. The number of ether oxygens (including phenoxy) is 1. The highest BCUT2D eigenvalue weighted by Crippen LogP contribution is 2.23. The van der Waals surface area contributed by atoms with Gasteiger partial charge < -0.3 is 4.74 Å². The summed E-state index contributed by atoms with van der Waals surface area (Å²) in [5.41, 5.74) is 3.13. The summed E-state index contributed by atoms with van der Waals surface area (Å²) in [6, 6.07) is 36.8. The number of hydrogen-bond acceptors (Lipinski definition) is 9. The first kappa shape index (κ1) is 45.2. The van der Waals surface area contributed by atoms with E-state index in [0.29, 0.717) is 11.4 Å². The number of anilines is 1. The smallest absolute Gasteiger partial charge is 0.269 e. The number of nitro benzene ring substituents is 1. The van der Waals surface area contributed by atoms with E-state index in [1.54, 1.807) is 55.6 Å². The van der Waals surface area contributed by atoms with Crippen LogP contribution >= 0.6 is 0 Å². The molecule has 5 aromatic carbocycles. The molecule has 0 amide bonds. The predicted octanol–water partition coefficient (Wildman–Crippen LogP) is 7.86. The molecule has 16 heteroatoms. The molecule has 0 heterocycles. The summed E-state index contributed by atoms with van der Waals surface area (Å²) in [5.74, 6) is 0.677. The summed E-state index contributed by atoms with van der Waals surface area (Å²) in [4.78, 5) is 10.3. The van der Waals surface area contributed by atoms with Crippen molar-refractivity contribution in [2.24, 2.45) is 0 Å². The molecule has 0 bridgehead atoms. The van der Waals surface area contributed by atoms with E-state index in [2.05, 4.69) is 19.7 Å². The molecule has 300 valence electrons. The van der Waals surface area contributed by atoms with E-state index >= 15 is 0 Å². The Morgan fingerprint density at radius 3 is 1.35 bits per heavy atom. The molecule has 0 fully saturated rings. The van der Waals surface area contributed by atoms with Crippen LogP contribution in [0.3, 0.4) is 0 Å². The quantitative estimate of drug-likeness (QED) is 0.0754. The van der Waals surface area contributed by atoms with Crippen LogP contribution in [0.25, 0.3) is 0 Å². The first-order chi connectivity index (χ1) is 27.0. The summed E-state index contributed by atoms with van der Waals surface area (Å²) in [6.45, 7) is 13.0. The molecule has 5 rings (SSSR count). The Hall–Kier alpha value is -6.23. The number of benzene rings is 5. The summed E-state index contributed by atoms with van der Waals surface area (Å²) in [5, 5.41) is 10.6. The molecule has 13 nitrogen and oxygen atoms in total. The Bertz CT molecular complexity index is 2430. The second-order valence-corrected chi connectivity index (χ2v) is 17.6. The molecular formula is C41H44N4O9S3. The Labute approximate surface area is 335 Å². The zero-order valence-corrected chi connectivity index (χ0v) is 34.1. The zero-order valence-electron chi connectivity index (χ0n) is 31.7. The molecule has 0 aliphatic rings. The van der Waals surface area contributed by atoms with Crippen LogP contribution in [-0.4, -0.2) is 52.2 Å². The molecule has 0 N–H and O–H groups in total. The minimum atomic E-state index is -3.80. The van der Waals surface area contributed by atoms with E-state index in [0.717, 1.165) is 43.7 Å². The van der Waals surface area contributed by atoms with Gasteiger partial charge in [-0.1, -0.05) is 98.1 Å². The molecule has 0 aliphatic heterocycles. The Morgan fingerprint density at radius 2 is 1.02 bits per heavy atom. The van der Waals surface area contributed by atoms with E-state index in [4.69, 9.17) is 4.74 Å². The lowest BCUT2D eigenvalue weighted by Crippen LogP contribution is -2.25. The van der Waals surface area contributed by atoms with E-state index < -0.39 is 35.0 Å². The number of nitrogens with zero attached hydrogens (tertiary/aromatic N) is 4. The van der Waals surface area contributed by atoms with Gasteiger partial charge in [0.2, 0.25) is 10.0 Å². The van der Waals surface area contributed by atoms with Gasteiger partial charge in [0.05, 0.1) is 46.9 Å². The lowest BCUT2D eigenvalue weighted by molar-refractivity contribution is -0.384. The molecule has 0 unspecified atom stereocenters. The van der Waals surface area contributed by atoms with Gasteiger partial charge in [0, 0.05) is 30.7 Å². The van der Waals surface area contributed by atoms with Crippen molar-refractivity contribution in [2.75, 3.05) is 17.7 Å². The first-order valence-electron chi connectivity index (χ1n) is 16.9. The van der Waals surface area contributed by atoms with Gasteiger partial charge in [-0.2, -0.15) is 0 Å². The number of sulfonamides is 3. The Balaban J connectivity index is 0.000000233. The number of non-ortho nitro benzene ring substituents is 1. The van der Waals surface area contributed by atoms with E-state index in [-0.39, 0.29) is 28.6 Å². The van der Waals surface area contributed by atoms with Gasteiger partial charge in [0.1, 0.15) is 5.75 Å². The van der Waals surface area contributed by atoms with Gasteiger partial charge in [0.15, 0.2) is 0 Å². The summed E-state index contributed by atoms with van der Waals surface area (Å²) in [6.07, 6.45) is 4.96. The van der Waals surface area contributed by atoms with Gasteiger partial charge in [0.25, 0.3) is 25.7 Å². The fourth-order valence-electron chi connectivity index (χ4n) is 4.90. The van der Waals surface area contributed by atoms with Crippen LogP contribution in [0.15, 0.2) is 182 Å². The van der Waals surface area contributed by atoms with Crippen molar-refractivity contribution < 1.29 is 34.9 Å². The summed E-state index contributed by atoms with van der Waals surface area (Å²) in [7, 11) is -9.11. The largest absolute Gasteiger partial charge is 0.497 e. The highest BCUT2D eigenvalue weighted by atomic mass is 32.2. The maximum Gasteiger partial charge on any atom is 0.269 e. The van der Waals surface area contributed by atoms with Crippen LogP contribution in [-0.2, 0) is 43.2 Å². The third-order valence-electron chi connectivity index (χ3n) is 7.90. The van der Waals surface area contributed by atoms with Gasteiger partial charge in [-0.15, -0.1) is 0 Å². The van der Waals surface area contributed by atoms with Crippen molar-refractivity contribution in [3.05, 3.63) is 199 Å². The SMILES string of the molecule is C=CN(Cc1ccccc1)S(=O)(=O)c1ccc(C)cc1.C=CN(Cc1ccccc1)S(=O)(=O)c1ccc([N+](=O)[O-])cc1.C=CN(c1ccc(OC)cc1)S(C)(=O)=O. The molecule has 5 aromatic rings. The number of rotatable bonds is 15. The monoisotopic (exact) mass is 832 g/mol. The number of aryl methyl sites for hydroxylation is 1. The average molecular weight is 833 g/mol. The standard InChI is InChI=1S/C16H17NO2S.C15H14N2O4S.C10H13NO3S/c1-3-17(13-15-7-5-4-6-8-15)20(18,19)16-11-9-14(2)10-12-16;1-2-16(12-13-6-4-3-5-7-13)22(20,21)15-10-8-14(9-11-15)17(18)19;1-4-11(15(3,12)13)9-5-7-10(14-2)8-6-9/h3-12H,1,13H2,2H3;2-11H,1,12H2;4-8H,1H2,2-3H3. The molecular weight excluding hydrogens is 789 g/mol. The molecule has 0 saturated heterocycles. The van der Waals surface area contributed by atoms with Crippen LogP contribution in [0, 0.1) is 17.0 Å². The second-order valence-electron chi connectivity index (χ2n) is 11.9. The van der Waals surface area contributed by atoms with Crippen LogP contribution in [0.4, 0.5) is 11.4 Å². The highest BCUT2D eigenvalue weighted by Gasteiger charge is 2.23. The van der Waals surface area contributed by atoms with Gasteiger partial charge >= 0.3 is 0 Å². The molecule has 0 aliphatic carbocycles. The van der Waals surface area contributed by atoms with E-state index in [9.17, 15) is 35.4 Å². The zero-order chi connectivity index (χ0) is 42.2. The van der Waals surface area contributed by atoms with Crippen molar-refractivity contribution in [1.29, 1.82) is 0 Å².